The third-order valence-electron chi connectivity index (χ3n) is 5.26. The van der Waals surface area contributed by atoms with Gasteiger partial charge in [0.15, 0.2) is 0 Å². The highest BCUT2D eigenvalue weighted by atomic mass is 32.2. The Morgan fingerprint density at radius 1 is 1.09 bits per heavy atom. The molecule has 0 saturated carbocycles. The number of fused-ring (bicyclic) bond motifs is 1. The van der Waals surface area contributed by atoms with Crippen LogP contribution in [0.2, 0.25) is 0 Å². The molecule has 0 amide bonds. The van der Waals surface area contributed by atoms with Crippen LogP contribution in [0.4, 0.5) is 0 Å². The molecule has 4 rings (SSSR count). The molecule has 0 saturated heterocycles. The maximum Gasteiger partial charge on any atom is 0.326 e. The van der Waals surface area contributed by atoms with Crippen molar-refractivity contribution in [1.29, 1.82) is 0 Å². The van der Waals surface area contributed by atoms with E-state index < -0.39 is 10.0 Å². The number of hydrogen-bond donors (Lipinski definition) is 1. The van der Waals surface area contributed by atoms with E-state index in [1.807, 2.05) is 24.3 Å². The third-order valence-corrected chi connectivity index (χ3v) is 8.21. The van der Waals surface area contributed by atoms with Gasteiger partial charge in [-0.2, -0.15) is 4.31 Å². The Bertz CT molecular complexity index is 1400. The van der Waals surface area contributed by atoms with Crippen LogP contribution < -0.4 is 5.69 Å². The number of aromatic amines is 1. The number of aromatic nitrogens is 4. The van der Waals surface area contributed by atoms with Gasteiger partial charge in [0.1, 0.15) is 0 Å². The zero-order chi connectivity index (χ0) is 23.4. The van der Waals surface area contributed by atoms with Crippen LogP contribution in [0.1, 0.15) is 20.3 Å². The zero-order valence-corrected chi connectivity index (χ0v) is 20.0. The third kappa shape index (κ3) is 4.90. The molecule has 0 atom stereocenters. The summed E-state index contributed by atoms with van der Waals surface area (Å²) in [7, 11) is -3.58. The normalized spacial score (nSPS) is 12.1. The van der Waals surface area contributed by atoms with E-state index in [0.29, 0.717) is 36.2 Å². The second-order valence-corrected chi connectivity index (χ2v) is 10.3. The van der Waals surface area contributed by atoms with Crippen molar-refractivity contribution in [2.24, 2.45) is 0 Å². The highest BCUT2D eigenvalue weighted by molar-refractivity contribution is 7.99. The molecule has 0 fully saturated rings. The summed E-state index contributed by atoms with van der Waals surface area (Å²) < 4.78 is 34.4. The van der Waals surface area contributed by atoms with Gasteiger partial charge in [0.25, 0.3) is 5.22 Å². The van der Waals surface area contributed by atoms with Crippen molar-refractivity contribution in [3.63, 3.8) is 0 Å². The molecule has 4 aromatic rings. The Labute approximate surface area is 195 Å². The highest BCUT2D eigenvalue weighted by Crippen LogP contribution is 2.26. The first-order valence-corrected chi connectivity index (χ1v) is 13.1. The number of H-pyrrole nitrogens is 1. The summed E-state index contributed by atoms with van der Waals surface area (Å²) in [5.74, 6) is 0.950. The number of rotatable bonds is 10. The van der Waals surface area contributed by atoms with Crippen molar-refractivity contribution in [2.75, 3.05) is 18.8 Å². The molecule has 0 radical (unpaired) electrons. The van der Waals surface area contributed by atoms with Crippen LogP contribution in [0.25, 0.3) is 22.5 Å². The quantitative estimate of drug-likeness (QED) is 0.268. The summed E-state index contributed by atoms with van der Waals surface area (Å²) in [5, 5.41) is 8.53. The van der Waals surface area contributed by atoms with Crippen molar-refractivity contribution in [1.82, 2.24) is 24.1 Å². The molecule has 174 valence electrons. The van der Waals surface area contributed by atoms with Gasteiger partial charge in [-0.05, 0) is 36.8 Å². The van der Waals surface area contributed by atoms with Crippen molar-refractivity contribution < 1.29 is 12.8 Å². The molecule has 0 aliphatic carbocycles. The van der Waals surface area contributed by atoms with Gasteiger partial charge in [0, 0.05) is 31.0 Å². The van der Waals surface area contributed by atoms with E-state index in [2.05, 4.69) is 15.2 Å². The number of benzene rings is 2. The van der Waals surface area contributed by atoms with Gasteiger partial charge in [-0.15, -0.1) is 10.2 Å². The molecule has 0 aliphatic heterocycles. The van der Waals surface area contributed by atoms with Gasteiger partial charge in [-0.1, -0.05) is 43.8 Å². The summed E-state index contributed by atoms with van der Waals surface area (Å²) in [5.41, 5.74) is 2.13. The maximum atomic E-state index is 12.8. The van der Waals surface area contributed by atoms with E-state index in [-0.39, 0.29) is 16.5 Å². The number of para-hydroxylation sites is 2. The molecule has 33 heavy (non-hydrogen) atoms. The molecule has 0 aliphatic rings. The SMILES string of the molecule is CCN(CC)S(=O)(=O)c1cccc(-c2nnc(SCCCn3c(=O)[nH]c4ccccc43)o2)c1. The number of sulfonamides is 1. The molecule has 1 N–H and O–H groups in total. The largest absolute Gasteiger partial charge is 0.411 e. The fraction of sp³-hybridized carbons (Fsp3) is 0.318. The average molecular weight is 488 g/mol. The number of imidazole rings is 1. The molecule has 9 nitrogen and oxygen atoms in total. The molecule has 0 bridgehead atoms. The zero-order valence-electron chi connectivity index (χ0n) is 18.4. The smallest absolute Gasteiger partial charge is 0.326 e. The van der Waals surface area contributed by atoms with Gasteiger partial charge in [-0.3, -0.25) is 4.57 Å². The molecular weight excluding hydrogens is 462 g/mol. The van der Waals surface area contributed by atoms with Crippen LogP contribution in [-0.4, -0.2) is 51.3 Å². The van der Waals surface area contributed by atoms with Gasteiger partial charge in [-0.25, -0.2) is 13.2 Å². The molecule has 2 aromatic carbocycles. The average Bonchev–Trinajstić information content (AvgIpc) is 3.41. The molecule has 2 aromatic heterocycles. The molecule has 2 heterocycles. The summed E-state index contributed by atoms with van der Waals surface area (Å²) in [6.07, 6.45) is 0.738. The van der Waals surface area contributed by atoms with Gasteiger partial charge in [0.05, 0.1) is 15.9 Å². The van der Waals surface area contributed by atoms with E-state index in [0.717, 1.165) is 17.5 Å². The summed E-state index contributed by atoms with van der Waals surface area (Å²) >= 11 is 1.40. The standard InChI is InChI=1S/C22H25N5O4S2/c1-3-26(4-2)33(29,30)17-10-7-9-16(15-17)20-24-25-22(31-20)32-14-8-13-27-19-12-6-5-11-18(19)23-21(27)28/h5-7,9-12,15H,3-4,8,13-14H2,1-2H3,(H,23,28). The topological polar surface area (TPSA) is 114 Å². The lowest BCUT2D eigenvalue weighted by molar-refractivity contribution is 0.445. The number of nitrogens with one attached hydrogen (secondary N) is 1. The van der Waals surface area contributed by atoms with Crippen LogP contribution in [0.5, 0.6) is 0 Å². The lowest BCUT2D eigenvalue weighted by Crippen LogP contribution is -2.30. The Kier molecular flexibility index (Phi) is 7.01. The van der Waals surface area contributed by atoms with E-state index in [4.69, 9.17) is 4.42 Å². The minimum absolute atomic E-state index is 0.124. The summed E-state index contributed by atoms with van der Waals surface area (Å²) in [6.45, 7) is 4.98. The number of thioether (sulfide) groups is 1. The van der Waals surface area contributed by atoms with Crippen LogP contribution >= 0.6 is 11.8 Å². The molecule has 0 unspecified atom stereocenters. The second kappa shape index (κ2) is 9.94. The number of aryl methyl sites for hydroxylation is 1. The Morgan fingerprint density at radius 2 is 1.88 bits per heavy atom. The lowest BCUT2D eigenvalue weighted by Gasteiger charge is -2.18. The highest BCUT2D eigenvalue weighted by Gasteiger charge is 2.22. The van der Waals surface area contributed by atoms with Crippen LogP contribution in [0.3, 0.4) is 0 Å². The molecular formula is C22H25N5O4S2. The van der Waals surface area contributed by atoms with Gasteiger partial charge >= 0.3 is 5.69 Å². The van der Waals surface area contributed by atoms with Crippen LogP contribution in [0.15, 0.2) is 67.9 Å². The fourth-order valence-corrected chi connectivity index (χ4v) is 5.79. The minimum Gasteiger partial charge on any atom is -0.411 e. The minimum atomic E-state index is -3.58. The van der Waals surface area contributed by atoms with Crippen LogP contribution in [-0.2, 0) is 16.6 Å². The number of nitrogens with zero attached hydrogens (tertiary/aromatic N) is 4. The van der Waals surface area contributed by atoms with Crippen molar-refractivity contribution in [3.05, 3.63) is 59.0 Å². The summed E-state index contributed by atoms with van der Waals surface area (Å²) in [4.78, 5) is 15.2. The van der Waals surface area contributed by atoms with E-state index in [9.17, 15) is 13.2 Å². The van der Waals surface area contributed by atoms with E-state index in [1.54, 1.807) is 42.7 Å². The summed E-state index contributed by atoms with van der Waals surface area (Å²) in [6, 6.07) is 14.1. The van der Waals surface area contributed by atoms with Crippen molar-refractivity contribution in [3.8, 4) is 11.5 Å². The first kappa shape index (κ1) is 23.3. The fourth-order valence-electron chi connectivity index (χ4n) is 3.60. The first-order valence-electron chi connectivity index (χ1n) is 10.7. The Hall–Kier alpha value is -2.89. The molecule has 0 spiro atoms. The van der Waals surface area contributed by atoms with E-state index in [1.165, 1.54) is 16.1 Å². The molecule has 11 heteroatoms. The van der Waals surface area contributed by atoms with Gasteiger partial charge < -0.3 is 9.40 Å². The predicted molar refractivity (Wildman–Crippen MR) is 128 cm³/mol. The van der Waals surface area contributed by atoms with Crippen molar-refractivity contribution >= 4 is 32.8 Å². The van der Waals surface area contributed by atoms with Gasteiger partial charge in [0.2, 0.25) is 15.9 Å². The lowest BCUT2D eigenvalue weighted by atomic mass is 10.2. The maximum absolute atomic E-state index is 12.8. The first-order chi connectivity index (χ1) is 15.9. The Morgan fingerprint density at radius 3 is 2.67 bits per heavy atom. The predicted octanol–water partition coefficient (Wildman–Crippen LogP) is 3.59. The van der Waals surface area contributed by atoms with E-state index >= 15 is 0 Å². The van der Waals surface area contributed by atoms with Crippen molar-refractivity contribution in [2.45, 2.75) is 36.9 Å². The Balaban J connectivity index is 1.40. The van der Waals surface area contributed by atoms with Crippen LogP contribution in [0, 0.1) is 0 Å². The number of hydrogen-bond acceptors (Lipinski definition) is 7. The monoisotopic (exact) mass is 487 g/mol. The second-order valence-electron chi connectivity index (χ2n) is 7.29.